The van der Waals surface area contributed by atoms with E-state index < -0.39 is 0 Å². The zero-order chi connectivity index (χ0) is 14.8. The molecular formula is C17H17N5. The van der Waals surface area contributed by atoms with Crippen molar-refractivity contribution >= 4 is 16.9 Å². The molecular weight excluding hydrogens is 274 g/mol. The number of rotatable bonds is 2. The lowest BCUT2D eigenvalue weighted by Crippen LogP contribution is -2.47. The van der Waals surface area contributed by atoms with Crippen LogP contribution in [-0.2, 0) is 0 Å². The van der Waals surface area contributed by atoms with E-state index in [1.54, 1.807) is 0 Å². The minimum absolute atomic E-state index is 0.163. The van der Waals surface area contributed by atoms with Crippen LogP contribution >= 0.6 is 0 Å². The number of benzene rings is 1. The third-order valence-corrected chi connectivity index (χ3v) is 4.01. The molecule has 5 nitrogen and oxygen atoms in total. The lowest BCUT2D eigenvalue weighted by Gasteiger charge is -2.35. The number of hydrogen-bond donors (Lipinski definition) is 1. The summed E-state index contributed by atoms with van der Waals surface area (Å²) in [4.78, 5) is 16.0. The molecule has 1 aliphatic rings. The molecule has 2 aromatic heterocycles. The first-order valence-electron chi connectivity index (χ1n) is 7.52. The number of anilines is 1. The largest absolute Gasteiger partial charge is 0.330 e. The van der Waals surface area contributed by atoms with Gasteiger partial charge in [-0.3, -0.25) is 4.98 Å². The molecule has 0 aliphatic carbocycles. The molecule has 1 aromatic carbocycles. The molecule has 3 heterocycles. The van der Waals surface area contributed by atoms with Gasteiger partial charge in [-0.25, -0.2) is 9.97 Å². The molecule has 3 aromatic rings. The van der Waals surface area contributed by atoms with E-state index in [-0.39, 0.29) is 6.04 Å². The molecule has 4 rings (SSSR count). The Kier molecular flexibility index (Phi) is 3.40. The molecule has 0 unspecified atom stereocenters. The van der Waals surface area contributed by atoms with E-state index in [1.807, 2.05) is 48.8 Å². The lowest BCUT2D eigenvalue weighted by molar-refractivity contribution is 0.475. The maximum atomic E-state index is 4.73. The van der Waals surface area contributed by atoms with Crippen molar-refractivity contribution in [3.8, 4) is 0 Å². The van der Waals surface area contributed by atoms with Gasteiger partial charge >= 0.3 is 0 Å². The van der Waals surface area contributed by atoms with E-state index in [9.17, 15) is 0 Å². The monoisotopic (exact) mass is 291 g/mol. The van der Waals surface area contributed by atoms with Crippen LogP contribution in [0.5, 0.6) is 0 Å². The van der Waals surface area contributed by atoms with E-state index in [1.165, 1.54) is 0 Å². The van der Waals surface area contributed by atoms with Gasteiger partial charge < -0.3 is 10.2 Å². The van der Waals surface area contributed by atoms with Crippen LogP contribution in [0.2, 0.25) is 0 Å². The topological polar surface area (TPSA) is 53.9 Å². The Balaban J connectivity index is 1.74. The highest BCUT2D eigenvalue weighted by molar-refractivity contribution is 5.78. The van der Waals surface area contributed by atoms with Crippen LogP contribution < -0.4 is 10.2 Å². The number of piperazine rings is 1. The minimum Gasteiger partial charge on any atom is -0.330 e. The number of para-hydroxylation sites is 1. The minimum atomic E-state index is 0.163. The molecule has 5 heteroatoms. The fourth-order valence-corrected chi connectivity index (χ4v) is 2.88. The van der Waals surface area contributed by atoms with Crippen molar-refractivity contribution in [1.82, 2.24) is 20.3 Å². The normalized spacial score (nSPS) is 18.5. The van der Waals surface area contributed by atoms with Crippen LogP contribution in [0, 0.1) is 0 Å². The molecule has 1 aliphatic heterocycles. The smallest absolute Gasteiger partial charge is 0.226 e. The average Bonchev–Trinajstić information content (AvgIpc) is 2.62. The predicted octanol–water partition coefficient (Wildman–Crippen LogP) is 2.18. The molecule has 0 spiro atoms. The van der Waals surface area contributed by atoms with Gasteiger partial charge in [0, 0.05) is 37.4 Å². The summed E-state index contributed by atoms with van der Waals surface area (Å²) < 4.78 is 0. The highest BCUT2D eigenvalue weighted by atomic mass is 15.3. The maximum Gasteiger partial charge on any atom is 0.226 e. The maximum absolute atomic E-state index is 4.73. The van der Waals surface area contributed by atoms with Gasteiger partial charge in [-0.15, -0.1) is 0 Å². The van der Waals surface area contributed by atoms with Crippen molar-refractivity contribution in [1.29, 1.82) is 0 Å². The zero-order valence-corrected chi connectivity index (χ0v) is 12.2. The van der Waals surface area contributed by atoms with E-state index >= 15 is 0 Å². The van der Waals surface area contributed by atoms with Crippen molar-refractivity contribution in [3.05, 3.63) is 60.6 Å². The summed E-state index contributed by atoms with van der Waals surface area (Å²) >= 11 is 0. The summed E-state index contributed by atoms with van der Waals surface area (Å²) in [6.45, 7) is 2.66. The van der Waals surface area contributed by atoms with Crippen LogP contribution in [0.1, 0.15) is 11.7 Å². The number of pyridine rings is 1. The van der Waals surface area contributed by atoms with Crippen molar-refractivity contribution in [2.75, 3.05) is 24.5 Å². The van der Waals surface area contributed by atoms with Gasteiger partial charge in [-0.05, 0) is 18.2 Å². The number of nitrogens with one attached hydrogen (secondary N) is 1. The first-order valence-corrected chi connectivity index (χ1v) is 7.52. The molecule has 0 amide bonds. The third kappa shape index (κ3) is 2.40. The fourth-order valence-electron chi connectivity index (χ4n) is 2.88. The van der Waals surface area contributed by atoms with E-state index in [2.05, 4.69) is 26.3 Å². The Morgan fingerprint density at radius 1 is 1.05 bits per heavy atom. The first-order chi connectivity index (χ1) is 10.9. The van der Waals surface area contributed by atoms with Crippen molar-refractivity contribution in [2.45, 2.75) is 6.04 Å². The van der Waals surface area contributed by atoms with Gasteiger partial charge in [0.2, 0.25) is 5.95 Å². The second kappa shape index (κ2) is 5.69. The molecule has 22 heavy (non-hydrogen) atoms. The Morgan fingerprint density at radius 3 is 2.86 bits per heavy atom. The van der Waals surface area contributed by atoms with Crippen LogP contribution in [0.25, 0.3) is 10.9 Å². The summed E-state index contributed by atoms with van der Waals surface area (Å²) in [5.74, 6) is 0.774. The first kappa shape index (κ1) is 13.2. The number of hydrogen-bond acceptors (Lipinski definition) is 5. The van der Waals surface area contributed by atoms with Gasteiger partial charge in [-0.2, -0.15) is 0 Å². The number of aromatic nitrogens is 3. The summed E-state index contributed by atoms with van der Waals surface area (Å²) in [5.41, 5.74) is 2.03. The lowest BCUT2D eigenvalue weighted by atomic mass is 10.1. The highest BCUT2D eigenvalue weighted by Crippen LogP contribution is 2.25. The third-order valence-electron chi connectivity index (χ3n) is 4.01. The predicted molar refractivity (Wildman–Crippen MR) is 86.7 cm³/mol. The number of fused-ring (bicyclic) bond motifs is 1. The molecule has 1 N–H and O–H groups in total. The molecule has 1 fully saturated rings. The molecule has 1 atom stereocenters. The molecule has 0 radical (unpaired) electrons. The second-order valence-electron chi connectivity index (χ2n) is 5.40. The fraction of sp³-hybridized carbons (Fsp3) is 0.235. The molecule has 110 valence electrons. The quantitative estimate of drug-likeness (QED) is 0.784. The van der Waals surface area contributed by atoms with E-state index in [4.69, 9.17) is 4.98 Å². The molecule has 0 bridgehead atoms. The van der Waals surface area contributed by atoms with Crippen LogP contribution in [-0.4, -0.2) is 34.6 Å². The Labute approximate surface area is 129 Å². The SMILES string of the molecule is c1ccc([C@H]2CNCCN2c2ncc3ccccc3n2)nc1. The van der Waals surface area contributed by atoms with Crippen molar-refractivity contribution in [2.24, 2.45) is 0 Å². The van der Waals surface area contributed by atoms with Crippen molar-refractivity contribution < 1.29 is 0 Å². The average molecular weight is 291 g/mol. The van der Waals surface area contributed by atoms with Gasteiger partial charge in [0.1, 0.15) is 0 Å². The zero-order valence-electron chi connectivity index (χ0n) is 12.2. The van der Waals surface area contributed by atoms with Gasteiger partial charge in [0.25, 0.3) is 0 Å². The van der Waals surface area contributed by atoms with E-state index in [0.717, 1.165) is 42.2 Å². The Morgan fingerprint density at radius 2 is 1.95 bits per heavy atom. The summed E-state index contributed by atoms with van der Waals surface area (Å²) in [7, 11) is 0. The Bertz CT molecular complexity index is 774. The Hall–Kier alpha value is -2.53. The highest BCUT2D eigenvalue weighted by Gasteiger charge is 2.26. The molecule has 1 saturated heterocycles. The van der Waals surface area contributed by atoms with Crippen LogP contribution in [0.3, 0.4) is 0 Å². The van der Waals surface area contributed by atoms with Gasteiger partial charge in [-0.1, -0.05) is 24.3 Å². The molecule has 0 saturated carbocycles. The van der Waals surface area contributed by atoms with Crippen LogP contribution in [0.4, 0.5) is 5.95 Å². The van der Waals surface area contributed by atoms with Gasteiger partial charge in [0.05, 0.1) is 17.3 Å². The number of nitrogens with zero attached hydrogens (tertiary/aromatic N) is 4. The van der Waals surface area contributed by atoms with E-state index in [0.29, 0.717) is 0 Å². The standard InChI is InChI=1S/C17H17N5/c1-2-6-14-13(5-1)11-20-17(21-14)22-10-9-18-12-16(22)15-7-3-4-8-19-15/h1-8,11,16,18H,9-10,12H2/t16-/m1/s1. The van der Waals surface area contributed by atoms with Gasteiger partial charge in [0.15, 0.2) is 0 Å². The summed E-state index contributed by atoms with van der Waals surface area (Å²) in [6, 6.07) is 14.3. The summed E-state index contributed by atoms with van der Waals surface area (Å²) in [6.07, 6.45) is 3.73. The summed E-state index contributed by atoms with van der Waals surface area (Å²) in [5, 5.41) is 4.50. The van der Waals surface area contributed by atoms with Crippen LogP contribution in [0.15, 0.2) is 54.9 Å². The second-order valence-corrected chi connectivity index (χ2v) is 5.40. The van der Waals surface area contributed by atoms with Crippen molar-refractivity contribution in [3.63, 3.8) is 0 Å².